The van der Waals surface area contributed by atoms with Gasteiger partial charge in [-0.2, -0.15) is 9.37 Å². The molecule has 2 nitrogen and oxygen atoms in total. The Bertz CT molecular complexity index is 401. The minimum absolute atomic E-state index is 0.362. The van der Waals surface area contributed by atoms with Gasteiger partial charge in [0.05, 0.1) is 6.20 Å². The van der Waals surface area contributed by atoms with Crippen LogP contribution in [0.15, 0.2) is 36.4 Å². The van der Waals surface area contributed by atoms with E-state index in [1.54, 1.807) is 0 Å². The van der Waals surface area contributed by atoms with Crippen LogP contribution >= 0.6 is 0 Å². The average Bonchev–Trinajstić information content (AvgIpc) is 2.19. The minimum Gasteiger partial charge on any atom is -0.226 e. The second-order valence-corrected chi connectivity index (χ2v) is 2.51. The number of hydrogen-bond donors (Lipinski definition) is 0. The Kier molecular flexibility index (Phi) is 2.00. The van der Waals surface area contributed by atoms with Gasteiger partial charge in [-0.15, -0.1) is 0 Å². The lowest BCUT2D eigenvalue weighted by molar-refractivity contribution is 0.581. The second-order valence-electron chi connectivity index (χ2n) is 2.51. The maximum absolute atomic E-state index is 12.7. The summed E-state index contributed by atoms with van der Waals surface area (Å²) in [6.07, 6.45) is 2.44. The number of nitrogens with zero attached hydrogens (tertiary/aromatic N) is 2. The summed E-state index contributed by atoms with van der Waals surface area (Å²) in [5, 5.41) is 0. The van der Waals surface area contributed by atoms with E-state index < -0.39 is 5.95 Å². The lowest BCUT2D eigenvalue weighted by atomic mass is 10.2. The third-order valence-corrected chi connectivity index (χ3v) is 1.60. The van der Waals surface area contributed by atoms with Crippen LogP contribution in [0.3, 0.4) is 0 Å². The first kappa shape index (κ1) is 7.86. The Labute approximate surface area is 75.1 Å². The summed E-state index contributed by atoms with van der Waals surface area (Å²) in [4.78, 5) is 7.47. The van der Waals surface area contributed by atoms with Crippen LogP contribution in [0.1, 0.15) is 0 Å². The van der Waals surface area contributed by atoms with Gasteiger partial charge < -0.3 is 0 Å². The molecule has 0 atom stereocenters. The normalized spacial score (nSPS) is 9.92. The van der Waals surface area contributed by atoms with Crippen molar-refractivity contribution in [3.8, 4) is 11.4 Å². The van der Waals surface area contributed by atoms with E-state index in [0.29, 0.717) is 5.82 Å². The zero-order chi connectivity index (χ0) is 9.10. The first-order valence-corrected chi connectivity index (χ1v) is 3.82. The molecule has 0 saturated heterocycles. The quantitative estimate of drug-likeness (QED) is 0.617. The fraction of sp³-hybridized carbons (Fsp3) is 0. The van der Waals surface area contributed by atoms with Gasteiger partial charge in [-0.1, -0.05) is 30.3 Å². The predicted molar refractivity (Wildman–Crippen MR) is 46.3 cm³/mol. The summed E-state index contributed by atoms with van der Waals surface area (Å²) in [5.74, 6) is -0.200. The van der Waals surface area contributed by atoms with E-state index in [0.717, 1.165) is 11.6 Å². The van der Waals surface area contributed by atoms with Crippen LogP contribution < -0.4 is 0 Å². The zero-order valence-electron chi connectivity index (χ0n) is 6.74. The molecule has 1 radical (unpaired) electrons. The molecule has 1 heterocycles. The first-order valence-electron chi connectivity index (χ1n) is 3.82. The topological polar surface area (TPSA) is 25.8 Å². The molecule has 2 rings (SSSR count). The molecular formula is C10H6FN2. The number of benzene rings is 1. The van der Waals surface area contributed by atoms with E-state index >= 15 is 0 Å². The molecule has 0 unspecified atom stereocenters. The van der Waals surface area contributed by atoms with E-state index in [4.69, 9.17) is 0 Å². The standard InChI is InChI=1S/C10H6FN2/c11-9-6-7-12-10(13-9)8-4-2-1-3-5-8/h1-6H. The van der Waals surface area contributed by atoms with Crippen molar-refractivity contribution in [3.05, 3.63) is 48.5 Å². The van der Waals surface area contributed by atoms with Crippen molar-refractivity contribution in [2.24, 2.45) is 0 Å². The van der Waals surface area contributed by atoms with Crippen molar-refractivity contribution in [3.63, 3.8) is 0 Å². The molecule has 3 heteroatoms. The van der Waals surface area contributed by atoms with Crippen LogP contribution in [0.5, 0.6) is 0 Å². The van der Waals surface area contributed by atoms with E-state index in [9.17, 15) is 4.39 Å². The van der Waals surface area contributed by atoms with E-state index in [1.807, 2.05) is 30.3 Å². The van der Waals surface area contributed by atoms with Crippen LogP contribution in [-0.4, -0.2) is 9.97 Å². The maximum atomic E-state index is 12.7. The van der Waals surface area contributed by atoms with Crippen molar-refractivity contribution in [1.29, 1.82) is 0 Å². The van der Waals surface area contributed by atoms with Gasteiger partial charge in [0.15, 0.2) is 5.82 Å². The lowest BCUT2D eigenvalue weighted by Gasteiger charge is -1.97. The lowest BCUT2D eigenvalue weighted by Crippen LogP contribution is -1.90. The molecule has 1 aromatic heterocycles. The molecule has 0 spiro atoms. The number of halogens is 1. The van der Waals surface area contributed by atoms with Crippen LogP contribution in [0.2, 0.25) is 0 Å². The SMILES string of the molecule is Fc1c[c]nc(-c2ccccc2)n1. The zero-order valence-corrected chi connectivity index (χ0v) is 6.74. The van der Waals surface area contributed by atoms with Gasteiger partial charge in [-0.05, 0) is 0 Å². The van der Waals surface area contributed by atoms with Gasteiger partial charge in [0.1, 0.15) is 0 Å². The van der Waals surface area contributed by atoms with Gasteiger partial charge in [0.2, 0.25) is 5.95 Å². The number of rotatable bonds is 1. The van der Waals surface area contributed by atoms with Crippen LogP contribution in [-0.2, 0) is 0 Å². The highest BCUT2D eigenvalue weighted by atomic mass is 19.1. The molecule has 2 aromatic rings. The molecule has 0 aliphatic carbocycles. The van der Waals surface area contributed by atoms with Gasteiger partial charge in [0, 0.05) is 11.6 Å². The molecule has 0 aliphatic heterocycles. The molecule has 0 bridgehead atoms. The van der Waals surface area contributed by atoms with Gasteiger partial charge >= 0.3 is 0 Å². The summed E-state index contributed by atoms with van der Waals surface area (Å²) >= 11 is 0. The van der Waals surface area contributed by atoms with Gasteiger partial charge in [-0.3, -0.25) is 0 Å². The minimum atomic E-state index is -0.561. The fourth-order valence-electron chi connectivity index (χ4n) is 1.02. The van der Waals surface area contributed by atoms with E-state index in [1.165, 1.54) is 0 Å². The maximum Gasteiger partial charge on any atom is 0.217 e. The highest BCUT2D eigenvalue weighted by molar-refractivity contribution is 5.53. The molecule has 0 fully saturated rings. The molecule has 13 heavy (non-hydrogen) atoms. The monoisotopic (exact) mass is 173 g/mol. The van der Waals surface area contributed by atoms with Crippen molar-refractivity contribution < 1.29 is 4.39 Å². The Hall–Kier alpha value is -1.77. The van der Waals surface area contributed by atoms with Gasteiger partial charge in [0.25, 0.3) is 0 Å². The Morgan fingerprint density at radius 1 is 1.15 bits per heavy atom. The summed E-state index contributed by atoms with van der Waals surface area (Å²) < 4.78 is 12.7. The highest BCUT2D eigenvalue weighted by Crippen LogP contribution is 2.12. The predicted octanol–water partition coefficient (Wildman–Crippen LogP) is 2.08. The van der Waals surface area contributed by atoms with Crippen molar-refractivity contribution in [1.82, 2.24) is 9.97 Å². The molecule has 63 valence electrons. The summed E-state index contributed by atoms with van der Waals surface area (Å²) in [5.41, 5.74) is 0.790. The average molecular weight is 173 g/mol. The molecular weight excluding hydrogens is 167 g/mol. The number of aromatic nitrogens is 2. The molecule has 0 aliphatic rings. The van der Waals surface area contributed by atoms with Crippen molar-refractivity contribution in [2.75, 3.05) is 0 Å². The Morgan fingerprint density at radius 3 is 2.62 bits per heavy atom. The summed E-state index contributed by atoms with van der Waals surface area (Å²) in [6.45, 7) is 0. The largest absolute Gasteiger partial charge is 0.226 e. The number of hydrogen-bond acceptors (Lipinski definition) is 2. The molecule has 0 amide bonds. The highest BCUT2D eigenvalue weighted by Gasteiger charge is 2.00. The fourth-order valence-corrected chi connectivity index (χ4v) is 1.02. The third-order valence-electron chi connectivity index (χ3n) is 1.60. The van der Waals surface area contributed by atoms with E-state index in [2.05, 4.69) is 16.2 Å². The Balaban J connectivity index is 2.48. The Morgan fingerprint density at radius 2 is 1.92 bits per heavy atom. The summed E-state index contributed by atoms with van der Waals surface area (Å²) in [7, 11) is 0. The molecule has 1 aromatic carbocycles. The third kappa shape index (κ3) is 1.69. The van der Waals surface area contributed by atoms with Crippen molar-refractivity contribution in [2.45, 2.75) is 0 Å². The first-order chi connectivity index (χ1) is 6.36. The summed E-state index contributed by atoms with van der Waals surface area (Å²) in [6, 6.07) is 10.3. The van der Waals surface area contributed by atoms with E-state index in [-0.39, 0.29) is 0 Å². The van der Waals surface area contributed by atoms with Gasteiger partial charge in [-0.25, -0.2) is 4.98 Å². The molecule has 0 N–H and O–H groups in total. The second kappa shape index (κ2) is 3.31. The molecule has 0 saturated carbocycles. The van der Waals surface area contributed by atoms with Crippen LogP contribution in [0, 0.1) is 12.1 Å². The van der Waals surface area contributed by atoms with Crippen molar-refractivity contribution >= 4 is 0 Å². The smallest absolute Gasteiger partial charge is 0.217 e. The van der Waals surface area contributed by atoms with Crippen LogP contribution in [0.25, 0.3) is 11.4 Å². The van der Waals surface area contributed by atoms with Crippen LogP contribution in [0.4, 0.5) is 4.39 Å².